The number of ether oxygens (including phenoxy) is 1. The number of hydrogen-bond donors (Lipinski definition) is 0. The molecule has 1 aromatic heterocycles. The molecule has 170 valence electrons. The lowest BCUT2D eigenvalue weighted by Gasteiger charge is -2.32. The van der Waals surface area contributed by atoms with Crippen molar-refractivity contribution < 1.29 is 27.1 Å². The summed E-state index contributed by atoms with van der Waals surface area (Å²) in [6.45, 7) is 3.04. The summed E-state index contributed by atoms with van der Waals surface area (Å²) in [7, 11) is 0. The van der Waals surface area contributed by atoms with E-state index >= 15 is 0 Å². The van der Waals surface area contributed by atoms with Gasteiger partial charge in [-0.3, -0.25) is 4.79 Å². The van der Waals surface area contributed by atoms with Gasteiger partial charge in [-0.05, 0) is 56.1 Å². The number of rotatable bonds is 7. The largest absolute Gasteiger partial charge is 0.490 e. The molecule has 0 unspecified atom stereocenters. The molecule has 1 saturated heterocycles. The summed E-state index contributed by atoms with van der Waals surface area (Å²) in [6, 6.07) is 12.7. The van der Waals surface area contributed by atoms with Crippen LogP contribution in [0.5, 0.6) is 5.75 Å². The molecule has 2 heterocycles. The van der Waals surface area contributed by atoms with Gasteiger partial charge >= 0.3 is 6.18 Å². The minimum Gasteiger partial charge on any atom is -0.490 e. The summed E-state index contributed by atoms with van der Waals surface area (Å²) in [6.07, 6.45) is -1.02. The molecule has 3 aromatic rings. The van der Waals surface area contributed by atoms with Crippen molar-refractivity contribution in [1.29, 1.82) is 0 Å². The topological polar surface area (TPSA) is 34.5 Å². The van der Waals surface area contributed by atoms with Gasteiger partial charge in [0.15, 0.2) is 0 Å². The van der Waals surface area contributed by atoms with Crippen molar-refractivity contribution in [3.05, 3.63) is 66.1 Å². The molecule has 1 fully saturated rings. The number of piperidine rings is 1. The number of carbonyl (C=O) groups excluding carboxylic acids is 1. The third-order valence-corrected chi connectivity index (χ3v) is 5.82. The molecule has 0 radical (unpaired) electrons. The summed E-state index contributed by atoms with van der Waals surface area (Å²) < 4.78 is 59.5. The molecule has 1 aliphatic heterocycles. The Morgan fingerprint density at radius 3 is 2.38 bits per heavy atom. The van der Waals surface area contributed by atoms with E-state index in [2.05, 4.69) is 4.90 Å². The van der Waals surface area contributed by atoms with E-state index in [-0.39, 0.29) is 17.5 Å². The molecule has 2 aromatic carbocycles. The van der Waals surface area contributed by atoms with Crippen LogP contribution < -0.4 is 4.74 Å². The lowest BCUT2D eigenvalue weighted by molar-refractivity contribution is -0.0884. The first-order chi connectivity index (χ1) is 15.3. The Morgan fingerprint density at radius 1 is 1.00 bits per heavy atom. The van der Waals surface area contributed by atoms with Crippen LogP contribution in [0.3, 0.4) is 0 Å². The normalized spacial score (nSPS) is 15.9. The molecule has 0 atom stereocenters. The van der Waals surface area contributed by atoms with Crippen molar-refractivity contribution in [2.75, 3.05) is 19.6 Å². The van der Waals surface area contributed by atoms with Gasteiger partial charge in [-0.1, -0.05) is 18.2 Å². The fourth-order valence-corrected chi connectivity index (χ4v) is 4.19. The zero-order valence-corrected chi connectivity index (χ0v) is 17.4. The number of hydrogen-bond acceptors (Lipinski definition) is 3. The minimum absolute atomic E-state index is 0.0843. The second-order valence-corrected chi connectivity index (χ2v) is 8.05. The molecule has 8 heteroatoms. The highest BCUT2D eigenvalue weighted by atomic mass is 19.4. The van der Waals surface area contributed by atoms with Gasteiger partial charge in [-0.2, -0.15) is 13.2 Å². The molecular weight excluding hydrogens is 424 g/mol. The summed E-state index contributed by atoms with van der Waals surface area (Å²) in [5, 5.41) is 0.327. The zero-order chi connectivity index (χ0) is 22.7. The van der Waals surface area contributed by atoms with E-state index in [1.807, 2.05) is 0 Å². The SMILES string of the molecule is O=C(c1cn(CCCN2CCC(Oc3ccc(F)cc3)CC2)c2ccccc12)C(F)(F)F. The fraction of sp³-hybridized carbons (Fsp3) is 0.375. The van der Waals surface area contributed by atoms with E-state index in [4.69, 9.17) is 4.74 Å². The zero-order valence-electron chi connectivity index (χ0n) is 17.4. The number of likely N-dealkylation sites (tertiary alicyclic amines) is 1. The Morgan fingerprint density at radius 2 is 1.69 bits per heavy atom. The molecule has 4 nitrogen and oxygen atoms in total. The molecule has 32 heavy (non-hydrogen) atoms. The van der Waals surface area contributed by atoms with Gasteiger partial charge < -0.3 is 14.2 Å². The Hall–Kier alpha value is -2.87. The first kappa shape index (κ1) is 22.3. The quantitative estimate of drug-likeness (QED) is 0.356. The number of halogens is 4. The Balaban J connectivity index is 1.31. The van der Waals surface area contributed by atoms with E-state index in [0.29, 0.717) is 23.2 Å². The standard InChI is InChI=1S/C24H24F4N2O2/c25-17-6-8-18(9-7-17)32-19-10-14-29(15-11-19)12-3-13-30-16-21(23(31)24(26,27)28)20-4-1-2-5-22(20)30/h1-2,4-9,16,19H,3,10-15H2. The fourth-order valence-electron chi connectivity index (χ4n) is 4.19. The van der Waals surface area contributed by atoms with Gasteiger partial charge in [-0.15, -0.1) is 0 Å². The number of ketones is 1. The number of alkyl halides is 3. The van der Waals surface area contributed by atoms with Gasteiger partial charge in [0.1, 0.15) is 17.7 Å². The highest BCUT2D eigenvalue weighted by Gasteiger charge is 2.40. The first-order valence-electron chi connectivity index (χ1n) is 10.7. The lowest BCUT2D eigenvalue weighted by Crippen LogP contribution is -2.38. The van der Waals surface area contributed by atoms with E-state index in [0.717, 1.165) is 38.9 Å². The second-order valence-electron chi connectivity index (χ2n) is 8.05. The molecule has 0 spiro atoms. The highest BCUT2D eigenvalue weighted by molar-refractivity contribution is 6.10. The van der Waals surface area contributed by atoms with Crippen LogP contribution in [0.4, 0.5) is 17.6 Å². The van der Waals surface area contributed by atoms with Crippen molar-refractivity contribution in [3.8, 4) is 5.75 Å². The summed E-state index contributed by atoms with van der Waals surface area (Å²) >= 11 is 0. The van der Waals surface area contributed by atoms with Crippen molar-refractivity contribution in [3.63, 3.8) is 0 Å². The van der Waals surface area contributed by atoms with Crippen molar-refractivity contribution in [2.45, 2.75) is 38.1 Å². The second kappa shape index (κ2) is 9.32. The molecule has 0 N–H and O–H groups in total. The average molecular weight is 448 g/mol. The van der Waals surface area contributed by atoms with E-state index in [1.165, 1.54) is 18.3 Å². The number of carbonyl (C=O) groups is 1. The molecule has 0 saturated carbocycles. The number of nitrogens with zero attached hydrogens (tertiary/aromatic N) is 2. The van der Waals surface area contributed by atoms with Crippen LogP contribution in [0.2, 0.25) is 0 Å². The predicted molar refractivity (Wildman–Crippen MR) is 113 cm³/mol. The van der Waals surface area contributed by atoms with E-state index in [9.17, 15) is 22.4 Å². The summed E-state index contributed by atoms with van der Waals surface area (Å²) in [4.78, 5) is 14.1. The summed E-state index contributed by atoms with van der Waals surface area (Å²) in [5.74, 6) is -1.44. The number of aromatic nitrogens is 1. The maximum Gasteiger partial charge on any atom is 0.454 e. The molecule has 0 bridgehead atoms. The van der Waals surface area contributed by atoms with Gasteiger partial charge in [0.05, 0.1) is 5.56 Å². The smallest absolute Gasteiger partial charge is 0.454 e. The molecule has 0 aliphatic carbocycles. The van der Waals surface area contributed by atoms with Gasteiger partial charge in [0.2, 0.25) is 0 Å². The third-order valence-electron chi connectivity index (χ3n) is 5.82. The molecule has 0 amide bonds. The monoisotopic (exact) mass is 448 g/mol. The number of Topliss-reactive ketones (excluding diaryl/α,β-unsaturated/α-hetero) is 1. The van der Waals surface area contributed by atoms with Crippen LogP contribution in [-0.4, -0.2) is 47.2 Å². The van der Waals surface area contributed by atoms with E-state index in [1.54, 1.807) is 41.0 Å². The minimum atomic E-state index is -4.89. The van der Waals surface area contributed by atoms with Gasteiger partial charge in [0, 0.05) is 36.7 Å². The maximum atomic E-state index is 13.0. The third kappa shape index (κ3) is 5.12. The van der Waals surface area contributed by atoms with Crippen molar-refractivity contribution in [2.24, 2.45) is 0 Å². The van der Waals surface area contributed by atoms with Crippen LogP contribution in [-0.2, 0) is 6.54 Å². The number of fused-ring (bicyclic) bond motifs is 1. The van der Waals surface area contributed by atoms with Crippen LogP contribution in [0.15, 0.2) is 54.7 Å². The van der Waals surface area contributed by atoms with Crippen molar-refractivity contribution >= 4 is 16.7 Å². The molecular formula is C24H24F4N2O2. The van der Waals surface area contributed by atoms with Crippen LogP contribution in [0, 0.1) is 5.82 Å². The Labute approximate surface area is 183 Å². The van der Waals surface area contributed by atoms with Crippen LogP contribution in [0.1, 0.15) is 29.6 Å². The lowest BCUT2D eigenvalue weighted by atomic mass is 10.1. The van der Waals surface area contributed by atoms with Crippen molar-refractivity contribution in [1.82, 2.24) is 9.47 Å². The molecule has 4 rings (SSSR count). The maximum absolute atomic E-state index is 13.0. The highest BCUT2D eigenvalue weighted by Crippen LogP contribution is 2.29. The Bertz CT molecular complexity index is 1070. The summed E-state index contributed by atoms with van der Waals surface area (Å²) in [5.41, 5.74) is 0.332. The van der Waals surface area contributed by atoms with Crippen LogP contribution >= 0.6 is 0 Å². The van der Waals surface area contributed by atoms with E-state index < -0.39 is 12.0 Å². The average Bonchev–Trinajstić information content (AvgIpc) is 3.14. The Kier molecular flexibility index (Phi) is 6.50. The van der Waals surface area contributed by atoms with Gasteiger partial charge in [0.25, 0.3) is 5.78 Å². The number of aryl methyl sites for hydroxylation is 1. The number of para-hydroxylation sites is 1. The van der Waals surface area contributed by atoms with Gasteiger partial charge in [-0.25, -0.2) is 4.39 Å². The predicted octanol–water partition coefficient (Wildman–Crippen LogP) is 5.46. The first-order valence-corrected chi connectivity index (χ1v) is 10.7. The number of benzene rings is 2. The van der Waals surface area contributed by atoms with Crippen LogP contribution in [0.25, 0.3) is 10.9 Å². The molecule has 1 aliphatic rings.